The Hall–Kier alpha value is -2.67. The van der Waals surface area contributed by atoms with E-state index < -0.39 is 5.97 Å². The van der Waals surface area contributed by atoms with Crippen LogP contribution in [-0.2, 0) is 17.6 Å². The van der Waals surface area contributed by atoms with Crippen molar-refractivity contribution in [2.24, 2.45) is 0 Å². The van der Waals surface area contributed by atoms with E-state index in [1.54, 1.807) is 12.1 Å². The first-order chi connectivity index (χ1) is 11.5. The molecule has 2 aromatic rings. The minimum atomic E-state index is -1.05. The van der Waals surface area contributed by atoms with Gasteiger partial charge >= 0.3 is 5.97 Å². The number of anilines is 2. The summed E-state index contributed by atoms with van der Waals surface area (Å²) in [5, 5.41) is 15.1. The highest BCUT2D eigenvalue weighted by Gasteiger charge is 2.27. The number of aryl methyl sites for hydroxylation is 1. The van der Waals surface area contributed by atoms with Crippen LogP contribution in [0.4, 0.5) is 10.7 Å². The molecule has 0 spiro atoms. The lowest BCUT2D eigenvalue weighted by Gasteiger charge is -2.09. The molecule has 0 unspecified atom stereocenters. The number of fused-ring (bicyclic) bond motifs is 1. The normalized spacial score (nSPS) is 12.5. The van der Waals surface area contributed by atoms with Crippen molar-refractivity contribution < 1.29 is 19.5 Å². The summed E-state index contributed by atoms with van der Waals surface area (Å²) >= 11 is 1.44. The molecule has 7 heteroatoms. The molecule has 6 nitrogen and oxygen atoms in total. The fourth-order valence-electron chi connectivity index (χ4n) is 2.82. The van der Waals surface area contributed by atoms with Crippen molar-refractivity contribution in [2.75, 3.05) is 10.6 Å². The summed E-state index contributed by atoms with van der Waals surface area (Å²) in [7, 11) is 0. The van der Waals surface area contributed by atoms with Gasteiger partial charge in [0.1, 0.15) is 5.00 Å². The second-order valence-electron chi connectivity index (χ2n) is 5.58. The van der Waals surface area contributed by atoms with Crippen LogP contribution in [0.5, 0.6) is 0 Å². The number of carboxylic acid groups (broad SMARTS) is 1. The summed E-state index contributed by atoms with van der Waals surface area (Å²) < 4.78 is 0. The second-order valence-corrected chi connectivity index (χ2v) is 6.69. The minimum Gasteiger partial charge on any atom is -0.478 e. The number of rotatable bonds is 4. The van der Waals surface area contributed by atoms with Crippen molar-refractivity contribution in [3.05, 3.63) is 45.8 Å². The Labute approximate surface area is 142 Å². The average Bonchev–Trinajstić information content (AvgIpc) is 3.06. The highest BCUT2D eigenvalue weighted by molar-refractivity contribution is 7.17. The van der Waals surface area contributed by atoms with Crippen LogP contribution in [0.3, 0.4) is 0 Å². The molecule has 0 radical (unpaired) electrons. The molecule has 24 heavy (non-hydrogen) atoms. The molecule has 0 aliphatic heterocycles. The van der Waals surface area contributed by atoms with Crippen LogP contribution in [0.15, 0.2) is 24.3 Å². The number of hydrogen-bond acceptors (Lipinski definition) is 4. The summed E-state index contributed by atoms with van der Waals surface area (Å²) in [4.78, 5) is 36.3. The lowest BCUT2D eigenvalue weighted by molar-refractivity contribution is -0.114. The third-order valence-electron chi connectivity index (χ3n) is 3.81. The number of hydrogen-bond donors (Lipinski definition) is 3. The van der Waals surface area contributed by atoms with Crippen molar-refractivity contribution in [3.8, 4) is 0 Å². The van der Waals surface area contributed by atoms with Gasteiger partial charge in [0.05, 0.1) is 11.1 Å². The smallest absolute Gasteiger partial charge is 0.335 e. The molecule has 3 rings (SSSR count). The zero-order valence-corrected chi connectivity index (χ0v) is 13.8. The van der Waals surface area contributed by atoms with Gasteiger partial charge in [-0.1, -0.05) is 6.07 Å². The Balaban J connectivity index is 1.91. The Morgan fingerprint density at radius 2 is 1.96 bits per heavy atom. The number of carbonyl (C=O) groups is 3. The van der Waals surface area contributed by atoms with Crippen molar-refractivity contribution in [2.45, 2.75) is 26.2 Å². The zero-order chi connectivity index (χ0) is 17.3. The number of thiophene rings is 1. The van der Waals surface area contributed by atoms with Gasteiger partial charge in [0.15, 0.2) is 0 Å². The Bertz CT molecular complexity index is 841. The van der Waals surface area contributed by atoms with Crippen molar-refractivity contribution in [1.29, 1.82) is 0 Å². The van der Waals surface area contributed by atoms with Crippen LogP contribution in [0.25, 0.3) is 0 Å². The highest BCUT2D eigenvalue weighted by Crippen LogP contribution is 2.39. The average molecular weight is 344 g/mol. The second kappa shape index (κ2) is 6.45. The maximum absolute atomic E-state index is 12.7. The molecule has 2 amide bonds. The number of carbonyl (C=O) groups excluding carboxylic acids is 2. The Kier molecular flexibility index (Phi) is 4.35. The van der Waals surface area contributed by atoms with Gasteiger partial charge in [-0.3, -0.25) is 9.59 Å². The molecule has 1 aromatic heterocycles. The fraction of sp³-hybridized carbons (Fsp3) is 0.235. The molecule has 3 N–H and O–H groups in total. The van der Waals surface area contributed by atoms with E-state index in [0.29, 0.717) is 16.3 Å². The first-order valence-corrected chi connectivity index (χ1v) is 8.34. The number of amides is 2. The van der Waals surface area contributed by atoms with E-state index in [0.717, 1.165) is 29.7 Å². The molecule has 124 valence electrons. The first-order valence-electron chi connectivity index (χ1n) is 7.52. The van der Waals surface area contributed by atoms with Crippen LogP contribution in [-0.4, -0.2) is 22.9 Å². The number of nitrogens with one attached hydrogen (secondary N) is 2. The maximum Gasteiger partial charge on any atom is 0.335 e. The fourth-order valence-corrected chi connectivity index (χ4v) is 4.15. The zero-order valence-electron chi connectivity index (χ0n) is 13.0. The van der Waals surface area contributed by atoms with Gasteiger partial charge in [0, 0.05) is 17.5 Å². The SMILES string of the molecule is CC(=O)Nc1sc2c(c1C(=O)Nc1cccc(C(=O)O)c1)CCC2. The third kappa shape index (κ3) is 3.16. The lowest BCUT2D eigenvalue weighted by atomic mass is 10.1. The van der Waals surface area contributed by atoms with Gasteiger partial charge in [-0.05, 0) is 43.0 Å². The minimum absolute atomic E-state index is 0.102. The van der Waals surface area contributed by atoms with Crippen molar-refractivity contribution in [1.82, 2.24) is 0 Å². The molecule has 0 fully saturated rings. The maximum atomic E-state index is 12.7. The van der Waals surface area contributed by atoms with Crippen LogP contribution in [0.2, 0.25) is 0 Å². The van der Waals surface area contributed by atoms with Crippen molar-refractivity contribution >= 4 is 39.8 Å². The molecular formula is C17H16N2O4S. The molecular weight excluding hydrogens is 328 g/mol. The molecule has 1 heterocycles. The number of aromatic carboxylic acids is 1. The van der Waals surface area contributed by atoms with Gasteiger partial charge in [-0.25, -0.2) is 4.79 Å². The standard InChI is InChI=1S/C17H16N2O4S/c1-9(20)18-16-14(12-6-3-7-13(12)24-16)15(21)19-11-5-2-4-10(8-11)17(22)23/h2,4-5,8H,3,6-7H2,1H3,(H,18,20)(H,19,21)(H,22,23). The van der Waals surface area contributed by atoms with Gasteiger partial charge in [0.25, 0.3) is 5.91 Å². The van der Waals surface area contributed by atoms with E-state index in [4.69, 9.17) is 5.11 Å². The predicted octanol–water partition coefficient (Wildman–Crippen LogP) is 3.15. The van der Waals surface area contributed by atoms with E-state index in [1.807, 2.05) is 0 Å². The van der Waals surface area contributed by atoms with Crippen LogP contribution >= 0.6 is 11.3 Å². The molecule has 0 bridgehead atoms. The van der Waals surface area contributed by atoms with E-state index in [1.165, 1.54) is 30.4 Å². The monoisotopic (exact) mass is 344 g/mol. The largest absolute Gasteiger partial charge is 0.478 e. The summed E-state index contributed by atoms with van der Waals surface area (Å²) in [6.45, 7) is 1.41. The topological polar surface area (TPSA) is 95.5 Å². The molecule has 1 aromatic carbocycles. The summed E-state index contributed by atoms with van der Waals surface area (Å²) in [5.74, 6) is -1.61. The Morgan fingerprint density at radius 1 is 1.17 bits per heavy atom. The first kappa shape index (κ1) is 16.2. The predicted molar refractivity (Wildman–Crippen MR) is 92.0 cm³/mol. The van der Waals surface area contributed by atoms with Crippen molar-refractivity contribution in [3.63, 3.8) is 0 Å². The highest BCUT2D eigenvalue weighted by atomic mass is 32.1. The molecule has 1 aliphatic carbocycles. The van der Waals surface area contributed by atoms with E-state index in [2.05, 4.69) is 10.6 Å². The van der Waals surface area contributed by atoms with E-state index in [-0.39, 0.29) is 17.4 Å². The Morgan fingerprint density at radius 3 is 2.67 bits per heavy atom. The van der Waals surface area contributed by atoms with Crippen LogP contribution < -0.4 is 10.6 Å². The third-order valence-corrected chi connectivity index (χ3v) is 5.01. The summed E-state index contributed by atoms with van der Waals surface area (Å²) in [6.07, 6.45) is 2.72. The lowest BCUT2D eigenvalue weighted by Crippen LogP contribution is -2.16. The van der Waals surface area contributed by atoms with Gasteiger partial charge in [0.2, 0.25) is 5.91 Å². The summed E-state index contributed by atoms with van der Waals surface area (Å²) in [5.41, 5.74) is 1.98. The van der Waals surface area contributed by atoms with Crippen LogP contribution in [0.1, 0.15) is 44.5 Å². The molecule has 0 atom stereocenters. The number of carboxylic acids is 1. The van der Waals surface area contributed by atoms with E-state index >= 15 is 0 Å². The van der Waals surface area contributed by atoms with Gasteiger partial charge in [-0.15, -0.1) is 11.3 Å². The van der Waals surface area contributed by atoms with Gasteiger partial charge in [-0.2, -0.15) is 0 Å². The molecule has 1 aliphatic rings. The van der Waals surface area contributed by atoms with E-state index in [9.17, 15) is 14.4 Å². The quantitative estimate of drug-likeness (QED) is 0.794. The summed E-state index contributed by atoms with van der Waals surface area (Å²) in [6, 6.07) is 6.08. The molecule has 0 saturated heterocycles. The molecule has 0 saturated carbocycles. The number of benzene rings is 1. The van der Waals surface area contributed by atoms with Gasteiger partial charge < -0.3 is 15.7 Å². The van der Waals surface area contributed by atoms with Crippen LogP contribution in [0, 0.1) is 0 Å².